The van der Waals surface area contributed by atoms with Crippen LogP contribution in [0.3, 0.4) is 0 Å². The van der Waals surface area contributed by atoms with Crippen molar-refractivity contribution in [2.45, 2.75) is 0 Å². The first-order valence-corrected chi connectivity index (χ1v) is 8.94. The largest absolute Gasteiger partial charge is 0.508 e. The van der Waals surface area contributed by atoms with Gasteiger partial charge >= 0.3 is 11.8 Å². The molecule has 0 saturated carbocycles. The highest BCUT2D eigenvalue weighted by molar-refractivity contribution is 6.40. The number of carbonyl (C=O) groups excluding carboxylic acids is 3. The highest BCUT2D eigenvalue weighted by Crippen LogP contribution is 2.18. The first-order valence-electron chi connectivity index (χ1n) is 8.94. The Balaban J connectivity index is 1.61. The zero-order chi connectivity index (χ0) is 20.6. The average molecular weight is 396 g/mol. The Hall–Kier alpha value is -3.72. The first kappa shape index (κ1) is 20.0. The number of hydrogen-bond donors (Lipinski definition) is 3. The number of phenolic OH excluding ortho intramolecular Hbond substituents is 1. The summed E-state index contributed by atoms with van der Waals surface area (Å²) < 4.78 is 5.24. The van der Waals surface area contributed by atoms with Crippen LogP contribution in [0.25, 0.3) is 0 Å². The van der Waals surface area contributed by atoms with Crippen LogP contribution in [-0.2, 0) is 14.3 Å². The van der Waals surface area contributed by atoms with Crippen LogP contribution in [0.4, 0.5) is 5.69 Å². The van der Waals surface area contributed by atoms with Gasteiger partial charge in [-0.1, -0.05) is 12.1 Å². The second-order valence-electron chi connectivity index (χ2n) is 6.19. The Kier molecular flexibility index (Phi) is 6.54. The van der Waals surface area contributed by atoms with Crippen LogP contribution in [0.1, 0.15) is 15.9 Å². The summed E-state index contributed by atoms with van der Waals surface area (Å²) in [6.45, 7) is 1.85. The Bertz CT molecular complexity index is 921. The molecule has 3 N–H and O–H groups in total. The van der Waals surface area contributed by atoms with E-state index in [1.165, 1.54) is 18.3 Å². The minimum Gasteiger partial charge on any atom is -0.508 e. The van der Waals surface area contributed by atoms with Gasteiger partial charge in [0.15, 0.2) is 0 Å². The number of benzene rings is 2. The minimum atomic E-state index is -0.978. The maximum Gasteiger partial charge on any atom is 0.329 e. The summed E-state index contributed by atoms with van der Waals surface area (Å²) in [7, 11) is 0. The number of hydrogen-bond acceptors (Lipinski definition) is 6. The van der Waals surface area contributed by atoms with E-state index in [-0.39, 0.29) is 17.3 Å². The van der Waals surface area contributed by atoms with Crippen molar-refractivity contribution in [1.29, 1.82) is 0 Å². The molecule has 1 fully saturated rings. The number of amides is 3. The van der Waals surface area contributed by atoms with Crippen molar-refractivity contribution in [1.82, 2.24) is 10.3 Å². The van der Waals surface area contributed by atoms with Crippen LogP contribution >= 0.6 is 0 Å². The fourth-order valence-electron chi connectivity index (χ4n) is 2.67. The van der Waals surface area contributed by atoms with Crippen LogP contribution in [-0.4, -0.2) is 60.2 Å². The molecule has 0 spiro atoms. The van der Waals surface area contributed by atoms with Crippen LogP contribution in [0.2, 0.25) is 0 Å². The fourth-order valence-corrected chi connectivity index (χ4v) is 2.67. The molecule has 2 aromatic rings. The van der Waals surface area contributed by atoms with Crippen molar-refractivity contribution in [2.24, 2.45) is 5.10 Å². The standard InChI is InChI=1S/C20H20N4O5/c25-15-7-5-14(6-8-15)13-21-23-19(27)18(26)22-17-4-2-1-3-16(17)20(28)24-9-11-29-12-10-24/h1-8,13,25H,9-12H2,(H,22,26)(H,23,27)/b21-13-. The zero-order valence-corrected chi connectivity index (χ0v) is 15.5. The molecule has 1 heterocycles. The molecule has 1 aliphatic heterocycles. The van der Waals surface area contributed by atoms with E-state index in [2.05, 4.69) is 15.8 Å². The Labute approximate surface area is 167 Å². The Morgan fingerprint density at radius 2 is 1.69 bits per heavy atom. The predicted molar refractivity (Wildman–Crippen MR) is 106 cm³/mol. The molecule has 150 valence electrons. The maximum atomic E-state index is 12.7. The first-order chi connectivity index (χ1) is 14.0. The third-order valence-electron chi connectivity index (χ3n) is 4.18. The SMILES string of the molecule is O=C(N/N=C\c1ccc(O)cc1)C(=O)Nc1ccccc1C(=O)N1CCOCC1. The van der Waals surface area contributed by atoms with Crippen LogP contribution in [0, 0.1) is 0 Å². The number of anilines is 1. The number of nitrogens with one attached hydrogen (secondary N) is 2. The predicted octanol–water partition coefficient (Wildman–Crippen LogP) is 0.953. The molecule has 2 aromatic carbocycles. The molecule has 0 bridgehead atoms. The second kappa shape index (κ2) is 9.47. The van der Waals surface area contributed by atoms with Gasteiger partial charge in [0.05, 0.1) is 30.7 Å². The van der Waals surface area contributed by atoms with Crippen LogP contribution in [0.5, 0.6) is 5.75 Å². The summed E-state index contributed by atoms with van der Waals surface area (Å²) in [5, 5.41) is 15.4. The smallest absolute Gasteiger partial charge is 0.329 e. The van der Waals surface area contributed by atoms with Crippen molar-refractivity contribution in [3.05, 3.63) is 59.7 Å². The monoisotopic (exact) mass is 396 g/mol. The second-order valence-corrected chi connectivity index (χ2v) is 6.19. The average Bonchev–Trinajstić information content (AvgIpc) is 2.75. The molecule has 0 atom stereocenters. The number of aromatic hydroxyl groups is 1. The summed E-state index contributed by atoms with van der Waals surface area (Å²) in [4.78, 5) is 38.5. The maximum absolute atomic E-state index is 12.7. The van der Waals surface area contributed by atoms with E-state index in [0.29, 0.717) is 37.4 Å². The number of ether oxygens (including phenoxy) is 1. The molecular weight excluding hydrogens is 376 g/mol. The number of morpholine rings is 1. The molecule has 0 aromatic heterocycles. The lowest BCUT2D eigenvalue weighted by molar-refractivity contribution is -0.136. The lowest BCUT2D eigenvalue weighted by Crippen LogP contribution is -2.41. The van der Waals surface area contributed by atoms with Crippen molar-refractivity contribution in [2.75, 3.05) is 31.6 Å². The van der Waals surface area contributed by atoms with Gasteiger partial charge in [-0.15, -0.1) is 0 Å². The van der Waals surface area contributed by atoms with E-state index >= 15 is 0 Å². The quantitative estimate of drug-likeness (QED) is 0.404. The lowest BCUT2D eigenvalue weighted by atomic mass is 10.1. The van der Waals surface area contributed by atoms with Gasteiger partial charge < -0.3 is 20.1 Å². The highest BCUT2D eigenvalue weighted by atomic mass is 16.5. The van der Waals surface area contributed by atoms with Crippen LogP contribution < -0.4 is 10.7 Å². The molecule has 29 heavy (non-hydrogen) atoms. The third-order valence-corrected chi connectivity index (χ3v) is 4.18. The molecule has 0 aliphatic carbocycles. The van der Waals surface area contributed by atoms with Gasteiger partial charge in [-0.2, -0.15) is 5.10 Å². The van der Waals surface area contributed by atoms with E-state index in [9.17, 15) is 19.5 Å². The van der Waals surface area contributed by atoms with Crippen LogP contribution in [0.15, 0.2) is 53.6 Å². The van der Waals surface area contributed by atoms with E-state index < -0.39 is 11.8 Å². The number of hydrazone groups is 1. The fraction of sp³-hybridized carbons (Fsp3) is 0.200. The summed E-state index contributed by atoms with van der Waals surface area (Å²) in [6.07, 6.45) is 1.33. The van der Waals surface area contributed by atoms with E-state index in [1.807, 2.05) is 0 Å². The van der Waals surface area contributed by atoms with E-state index in [0.717, 1.165) is 0 Å². The molecule has 3 amide bonds. The normalized spacial score (nSPS) is 13.9. The Morgan fingerprint density at radius 1 is 1.00 bits per heavy atom. The van der Waals surface area contributed by atoms with E-state index in [1.54, 1.807) is 41.3 Å². The molecule has 9 heteroatoms. The highest BCUT2D eigenvalue weighted by Gasteiger charge is 2.22. The van der Waals surface area contributed by atoms with Gasteiger partial charge in [0.1, 0.15) is 5.75 Å². The number of carbonyl (C=O) groups is 3. The lowest BCUT2D eigenvalue weighted by Gasteiger charge is -2.27. The summed E-state index contributed by atoms with van der Waals surface area (Å²) >= 11 is 0. The Morgan fingerprint density at radius 3 is 2.41 bits per heavy atom. The van der Waals surface area contributed by atoms with Gasteiger partial charge in [-0.25, -0.2) is 5.43 Å². The molecule has 0 radical (unpaired) electrons. The van der Waals surface area contributed by atoms with E-state index in [4.69, 9.17) is 4.74 Å². The molecule has 3 rings (SSSR count). The molecular formula is C20H20N4O5. The molecule has 1 saturated heterocycles. The molecule has 9 nitrogen and oxygen atoms in total. The summed E-state index contributed by atoms with van der Waals surface area (Å²) in [5.41, 5.74) is 3.29. The van der Waals surface area contributed by atoms with Gasteiger partial charge in [0, 0.05) is 13.1 Å². The van der Waals surface area contributed by atoms with Crippen molar-refractivity contribution >= 4 is 29.6 Å². The summed E-state index contributed by atoms with van der Waals surface area (Å²) in [6, 6.07) is 12.6. The topological polar surface area (TPSA) is 120 Å². The number of para-hydroxylation sites is 1. The van der Waals surface area contributed by atoms with Gasteiger partial charge in [-0.05, 0) is 42.0 Å². The van der Waals surface area contributed by atoms with Gasteiger partial charge in [0.25, 0.3) is 5.91 Å². The van der Waals surface area contributed by atoms with Crippen molar-refractivity contribution in [3.63, 3.8) is 0 Å². The molecule has 1 aliphatic rings. The minimum absolute atomic E-state index is 0.107. The van der Waals surface area contributed by atoms with Crippen molar-refractivity contribution < 1.29 is 24.2 Å². The third kappa shape index (κ3) is 5.39. The summed E-state index contributed by atoms with van der Waals surface area (Å²) in [5.74, 6) is -2.06. The number of nitrogens with zero attached hydrogens (tertiary/aromatic N) is 2. The number of rotatable bonds is 4. The van der Waals surface area contributed by atoms with Gasteiger partial charge in [-0.3, -0.25) is 14.4 Å². The molecule has 0 unspecified atom stereocenters. The zero-order valence-electron chi connectivity index (χ0n) is 15.5. The number of phenols is 1. The van der Waals surface area contributed by atoms with Gasteiger partial charge in [0.2, 0.25) is 0 Å². The van der Waals surface area contributed by atoms with Crippen molar-refractivity contribution in [3.8, 4) is 5.75 Å².